The fourth-order valence-corrected chi connectivity index (χ4v) is 2.15. The molecular formula is C13H18F3NO. The molecule has 18 heavy (non-hydrogen) atoms. The van der Waals surface area contributed by atoms with Crippen molar-refractivity contribution < 1.29 is 17.9 Å². The van der Waals surface area contributed by atoms with E-state index in [1.165, 1.54) is 12.1 Å². The van der Waals surface area contributed by atoms with Crippen LogP contribution >= 0.6 is 0 Å². The van der Waals surface area contributed by atoms with Gasteiger partial charge in [0.2, 0.25) is 0 Å². The van der Waals surface area contributed by atoms with Gasteiger partial charge in [-0.2, -0.15) is 0 Å². The van der Waals surface area contributed by atoms with Crippen molar-refractivity contribution in [2.45, 2.75) is 45.0 Å². The van der Waals surface area contributed by atoms with Crippen LogP contribution in [0.25, 0.3) is 0 Å². The first kappa shape index (κ1) is 14.8. The summed E-state index contributed by atoms with van der Waals surface area (Å²) in [4.78, 5) is 0. The van der Waals surface area contributed by atoms with Crippen LogP contribution in [0, 0.1) is 0 Å². The highest BCUT2D eigenvalue weighted by Gasteiger charge is 2.34. The monoisotopic (exact) mass is 261 g/mol. The molecule has 102 valence electrons. The van der Waals surface area contributed by atoms with Gasteiger partial charge in [0.15, 0.2) is 0 Å². The molecule has 0 heterocycles. The van der Waals surface area contributed by atoms with E-state index in [2.05, 4.69) is 4.74 Å². The second kappa shape index (κ2) is 5.18. The number of para-hydroxylation sites is 1. The number of hydrogen-bond donors (Lipinski definition) is 1. The van der Waals surface area contributed by atoms with Crippen molar-refractivity contribution in [3.8, 4) is 5.75 Å². The zero-order valence-corrected chi connectivity index (χ0v) is 10.7. The summed E-state index contributed by atoms with van der Waals surface area (Å²) in [5.41, 5.74) is 5.77. The highest BCUT2D eigenvalue weighted by Crippen LogP contribution is 2.37. The number of hydrogen-bond acceptors (Lipinski definition) is 2. The van der Waals surface area contributed by atoms with Crippen LogP contribution in [0.15, 0.2) is 24.3 Å². The van der Waals surface area contributed by atoms with Crippen LogP contribution in [-0.4, -0.2) is 12.4 Å². The minimum absolute atomic E-state index is 0.0982. The largest absolute Gasteiger partial charge is 0.573 e. The lowest BCUT2D eigenvalue weighted by Crippen LogP contribution is -2.29. The Morgan fingerprint density at radius 3 is 2.28 bits per heavy atom. The van der Waals surface area contributed by atoms with E-state index in [0.717, 1.165) is 0 Å². The molecule has 2 N–H and O–H groups in total. The van der Waals surface area contributed by atoms with Crippen molar-refractivity contribution in [3.05, 3.63) is 29.8 Å². The van der Waals surface area contributed by atoms with Gasteiger partial charge in [0.05, 0.1) is 0 Å². The third-order valence-corrected chi connectivity index (χ3v) is 2.67. The molecule has 2 nitrogen and oxygen atoms in total. The molecule has 1 aromatic rings. The molecular weight excluding hydrogens is 243 g/mol. The van der Waals surface area contributed by atoms with Crippen molar-refractivity contribution in [2.24, 2.45) is 5.73 Å². The van der Waals surface area contributed by atoms with E-state index >= 15 is 0 Å². The van der Waals surface area contributed by atoms with E-state index < -0.39 is 11.8 Å². The average molecular weight is 261 g/mol. The van der Waals surface area contributed by atoms with Crippen molar-refractivity contribution in [3.63, 3.8) is 0 Å². The Bertz CT molecular complexity index is 399. The maximum atomic E-state index is 12.3. The van der Waals surface area contributed by atoms with Crippen molar-refractivity contribution >= 4 is 0 Å². The van der Waals surface area contributed by atoms with Crippen LogP contribution in [0.2, 0.25) is 0 Å². The lowest BCUT2D eigenvalue weighted by Gasteiger charge is -2.29. The van der Waals surface area contributed by atoms with E-state index in [1.807, 2.05) is 20.8 Å². The molecule has 0 aliphatic rings. The van der Waals surface area contributed by atoms with Gasteiger partial charge in [0.25, 0.3) is 0 Å². The highest BCUT2D eigenvalue weighted by atomic mass is 19.4. The van der Waals surface area contributed by atoms with E-state index in [-0.39, 0.29) is 11.8 Å². The fraction of sp³-hybridized carbons (Fsp3) is 0.538. The zero-order chi connectivity index (χ0) is 14.0. The standard InChI is InChI=1S/C13H18F3NO/c1-9(17)8-12(2,3)10-6-4-5-7-11(10)18-13(14,15)16/h4-7,9H,8,17H2,1-3H3. The summed E-state index contributed by atoms with van der Waals surface area (Å²) in [6.07, 6.45) is -4.11. The number of halogens is 3. The highest BCUT2D eigenvalue weighted by molar-refractivity contribution is 5.39. The molecule has 0 aliphatic heterocycles. The average Bonchev–Trinajstić information content (AvgIpc) is 2.13. The molecule has 1 aromatic carbocycles. The summed E-state index contributed by atoms with van der Waals surface area (Å²) < 4.78 is 41.0. The minimum Gasteiger partial charge on any atom is -0.405 e. The maximum Gasteiger partial charge on any atom is 0.573 e. The summed E-state index contributed by atoms with van der Waals surface area (Å²) in [5.74, 6) is -0.157. The van der Waals surface area contributed by atoms with Gasteiger partial charge in [-0.1, -0.05) is 32.0 Å². The second-order valence-corrected chi connectivity index (χ2v) is 5.11. The molecule has 0 aromatic heterocycles. The fourth-order valence-electron chi connectivity index (χ4n) is 2.15. The number of alkyl halides is 3. The SMILES string of the molecule is CC(N)CC(C)(C)c1ccccc1OC(F)(F)F. The molecule has 0 aliphatic carbocycles. The predicted octanol–water partition coefficient (Wildman–Crippen LogP) is 3.60. The first-order valence-corrected chi connectivity index (χ1v) is 5.73. The zero-order valence-electron chi connectivity index (χ0n) is 10.7. The molecule has 0 spiro atoms. The summed E-state index contributed by atoms with van der Waals surface area (Å²) in [6, 6.07) is 6.09. The molecule has 1 atom stereocenters. The Morgan fingerprint density at radius 1 is 1.22 bits per heavy atom. The van der Waals surface area contributed by atoms with Crippen molar-refractivity contribution in [1.29, 1.82) is 0 Å². The van der Waals surface area contributed by atoms with Gasteiger partial charge in [0, 0.05) is 11.6 Å². The quantitative estimate of drug-likeness (QED) is 0.898. The maximum absolute atomic E-state index is 12.3. The first-order chi connectivity index (χ1) is 8.12. The molecule has 0 amide bonds. The molecule has 5 heteroatoms. The molecule has 1 unspecified atom stereocenters. The van der Waals surface area contributed by atoms with Crippen molar-refractivity contribution in [1.82, 2.24) is 0 Å². The number of rotatable bonds is 4. The third-order valence-electron chi connectivity index (χ3n) is 2.67. The van der Waals surface area contributed by atoms with Crippen LogP contribution in [0.1, 0.15) is 32.8 Å². The number of ether oxygens (including phenoxy) is 1. The Labute approximate surface area is 105 Å². The van der Waals surface area contributed by atoms with Crippen LogP contribution < -0.4 is 10.5 Å². The second-order valence-electron chi connectivity index (χ2n) is 5.11. The van der Waals surface area contributed by atoms with Gasteiger partial charge in [-0.3, -0.25) is 0 Å². The Hall–Kier alpha value is -1.23. The van der Waals surface area contributed by atoms with Crippen LogP contribution in [-0.2, 0) is 5.41 Å². The van der Waals surface area contributed by atoms with E-state index in [1.54, 1.807) is 12.1 Å². The van der Waals surface area contributed by atoms with Crippen LogP contribution in [0.3, 0.4) is 0 Å². The number of nitrogens with two attached hydrogens (primary N) is 1. The molecule has 0 bridgehead atoms. The van der Waals surface area contributed by atoms with Crippen LogP contribution in [0.5, 0.6) is 5.75 Å². The van der Waals surface area contributed by atoms with Gasteiger partial charge in [-0.15, -0.1) is 13.2 Å². The predicted molar refractivity (Wildman–Crippen MR) is 64.4 cm³/mol. The molecule has 0 saturated carbocycles. The van der Waals surface area contributed by atoms with Gasteiger partial charge in [-0.25, -0.2) is 0 Å². The van der Waals surface area contributed by atoms with Crippen molar-refractivity contribution in [2.75, 3.05) is 0 Å². The van der Waals surface area contributed by atoms with Gasteiger partial charge < -0.3 is 10.5 Å². The Kier molecular flexibility index (Phi) is 4.27. The summed E-state index contributed by atoms with van der Waals surface area (Å²) in [7, 11) is 0. The van der Waals surface area contributed by atoms with E-state index in [9.17, 15) is 13.2 Å². The summed E-state index contributed by atoms with van der Waals surface area (Å²) in [5, 5.41) is 0. The lowest BCUT2D eigenvalue weighted by molar-refractivity contribution is -0.275. The smallest absolute Gasteiger partial charge is 0.405 e. The Morgan fingerprint density at radius 2 is 1.78 bits per heavy atom. The van der Waals surface area contributed by atoms with Gasteiger partial charge in [0.1, 0.15) is 5.75 Å². The molecule has 1 rings (SSSR count). The first-order valence-electron chi connectivity index (χ1n) is 5.73. The normalized spacial score (nSPS) is 14.4. The third kappa shape index (κ3) is 4.22. The molecule has 0 saturated heterocycles. The topological polar surface area (TPSA) is 35.2 Å². The Balaban J connectivity index is 3.08. The lowest BCUT2D eigenvalue weighted by atomic mass is 9.79. The molecule has 0 fully saturated rings. The van der Waals surface area contributed by atoms with E-state index in [0.29, 0.717) is 12.0 Å². The summed E-state index contributed by atoms with van der Waals surface area (Å²) in [6.45, 7) is 5.54. The van der Waals surface area contributed by atoms with Crippen LogP contribution in [0.4, 0.5) is 13.2 Å². The van der Waals surface area contributed by atoms with Gasteiger partial charge in [-0.05, 0) is 24.8 Å². The van der Waals surface area contributed by atoms with E-state index in [4.69, 9.17) is 5.73 Å². The minimum atomic E-state index is -4.68. The molecule has 0 radical (unpaired) electrons. The number of benzene rings is 1. The summed E-state index contributed by atoms with van der Waals surface area (Å²) >= 11 is 0. The van der Waals surface area contributed by atoms with Gasteiger partial charge >= 0.3 is 6.36 Å².